The van der Waals surface area contributed by atoms with Crippen molar-refractivity contribution in [3.8, 4) is 0 Å². The van der Waals surface area contributed by atoms with Gasteiger partial charge in [0.25, 0.3) is 5.91 Å². The zero-order chi connectivity index (χ0) is 15.9. The molecule has 0 atom stereocenters. The van der Waals surface area contributed by atoms with Crippen LogP contribution in [-0.4, -0.2) is 66.5 Å². The second kappa shape index (κ2) is 8.60. The summed E-state index contributed by atoms with van der Waals surface area (Å²) in [6, 6.07) is 0. The number of hydrogen-bond acceptors (Lipinski definition) is 5. The van der Waals surface area contributed by atoms with Gasteiger partial charge >= 0.3 is 0 Å². The number of carbonyl (C=O) groups is 1. The van der Waals surface area contributed by atoms with Gasteiger partial charge in [-0.3, -0.25) is 4.79 Å². The molecule has 0 radical (unpaired) electrons. The average molecular weight is 324 g/mol. The van der Waals surface area contributed by atoms with E-state index in [-0.39, 0.29) is 5.91 Å². The van der Waals surface area contributed by atoms with Gasteiger partial charge in [0.05, 0.1) is 10.7 Å². The van der Waals surface area contributed by atoms with E-state index in [9.17, 15) is 4.79 Å². The first-order chi connectivity index (χ1) is 10.6. The van der Waals surface area contributed by atoms with Gasteiger partial charge < -0.3 is 15.1 Å². The Bertz CT molecular complexity index is 480. The molecule has 0 bridgehead atoms. The number of carbonyl (C=O) groups excluding carboxylic acids is 1. The number of thiazole rings is 1. The number of likely N-dealkylation sites (N-methyl/N-ethyl adjacent to an activating group) is 1. The van der Waals surface area contributed by atoms with Gasteiger partial charge in [0.2, 0.25) is 0 Å². The van der Waals surface area contributed by atoms with E-state index in [2.05, 4.69) is 27.0 Å². The van der Waals surface area contributed by atoms with E-state index in [1.54, 1.807) is 0 Å². The van der Waals surface area contributed by atoms with Gasteiger partial charge in [-0.15, -0.1) is 11.3 Å². The molecule has 1 saturated heterocycles. The van der Waals surface area contributed by atoms with Gasteiger partial charge in [-0.2, -0.15) is 0 Å². The lowest BCUT2D eigenvalue weighted by atomic mass is 10.2. The Morgan fingerprint density at radius 2 is 1.86 bits per heavy atom. The number of nitrogens with zero attached hydrogens (tertiary/aromatic N) is 3. The number of hydrogen-bond donors (Lipinski definition) is 1. The molecule has 0 spiro atoms. The van der Waals surface area contributed by atoms with E-state index in [0.717, 1.165) is 48.1 Å². The van der Waals surface area contributed by atoms with Gasteiger partial charge in [-0.05, 0) is 39.8 Å². The second-order valence-electron chi connectivity index (χ2n) is 5.89. The van der Waals surface area contributed by atoms with Crippen molar-refractivity contribution in [1.82, 2.24) is 20.1 Å². The molecule has 1 N–H and O–H groups in total. The molecule has 0 unspecified atom stereocenters. The number of piperazine rings is 1. The van der Waals surface area contributed by atoms with E-state index in [4.69, 9.17) is 0 Å². The summed E-state index contributed by atoms with van der Waals surface area (Å²) in [7, 11) is 0. The van der Waals surface area contributed by atoms with Crippen LogP contribution in [0.1, 0.15) is 40.1 Å². The molecule has 1 aromatic rings. The van der Waals surface area contributed by atoms with Crippen molar-refractivity contribution in [2.75, 3.05) is 45.8 Å². The molecule has 1 aliphatic rings. The third-order valence-electron chi connectivity index (χ3n) is 4.21. The molecular formula is C16H28N4OS. The van der Waals surface area contributed by atoms with Crippen molar-refractivity contribution in [2.45, 2.75) is 33.6 Å². The van der Waals surface area contributed by atoms with Crippen molar-refractivity contribution in [1.29, 1.82) is 0 Å². The normalized spacial score (nSPS) is 16.9. The second-order valence-corrected chi connectivity index (χ2v) is 7.09. The first-order valence-corrected chi connectivity index (χ1v) is 9.08. The topological polar surface area (TPSA) is 48.5 Å². The SMILES string of the molecule is CCN1CCN(CCCCNC(=O)c2sc(C)nc2C)CC1. The van der Waals surface area contributed by atoms with Crippen molar-refractivity contribution in [2.24, 2.45) is 0 Å². The van der Waals surface area contributed by atoms with Gasteiger partial charge in [0, 0.05) is 32.7 Å². The van der Waals surface area contributed by atoms with E-state index < -0.39 is 0 Å². The first-order valence-electron chi connectivity index (χ1n) is 8.27. The lowest BCUT2D eigenvalue weighted by Gasteiger charge is -2.33. The summed E-state index contributed by atoms with van der Waals surface area (Å²) in [5.41, 5.74) is 0.841. The molecule has 0 aliphatic carbocycles. The van der Waals surface area contributed by atoms with Crippen molar-refractivity contribution in [3.63, 3.8) is 0 Å². The molecular weight excluding hydrogens is 296 g/mol. The predicted molar refractivity (Wildman–Crippen MR) is 91.7 cm³/mol. The van der Waals surface area contributed by atoms with Crippen LogP contribution in [0.4, 0.5) is 0 Å². The van der Waals surface area contributed by atoms with E-state index in [1.165, 1.54) is 37.5 Å². The van der Waals surface area contributed by atoms with E-state index in [0.29, 0.717) is 0 Å². The van der Waals surface area contributed by atoms with Crippen LogP contribution in [0.3, 0.4) is 0 Å². The fourth-order valence-corrected chi connectivity index (χ4v) is 3.65. The maximum atomic E-state index is 12.1. The highest BCUT2D eigenvalue weighted by Gasteiger charge is 2.15. The fraction of sp³-hybridized carbons (Fsp3) is 0.750. The highest BCUT2D eigenvalue weighted by atomic mass is 32.1. The lowest BCUT2D eigenvalue weighted by Crippen LogP contribution is -2.46. The summed E-state index contributed by atoms with van der Waals surface area (Å²) in [5.74, 6) is 0.0275. The number of amides is 1. The lowest BCUT2D eigenvalue weighted by molar-refractivity contribution is 0.0955. The number of nitrogens with one attached hydrogen (secondary N) is 1. The minimum Gasteiger partial charge on any atom is -0.351 e. The monoisotopic (exact) mass is 324 g/mol. The van der Waals surface area contributed by atoms with Crippen LogP contribution >= 0.6 is 11.3 Å². The molecule has 22 heavy (non-hydrogen) atoms. The molecule has 2 heterocycles. The Kier molecular flexibility index (Phi) is 6.79. The van der Waals surface area contributed by atoms with Gasteiger partial charge in [-0.25, -0.2) is 4.98 Å². The van der Waals surface area contributed by atoms with E-state index in [1.807, 2.05) is 13.8 Å². The van der Waals surface area contributed by atoms with Crippen molar-refractivity contribution in [3.05, 3.63) is 15.6 Å². The Hall–Kier alpha value is -0.980. The molecule has 6 heteroatoms. The smallest absolute Gasteiger partial charge is 0.263 e. The summed E-state index contributed by atoms with van der Waals surface area (Å²) in [6.07, 6.45) is 2.18. The Balaban J connectivity index is 1.58. The zero-order valence-electron chi connectivity index (χ0n) is 14.0. The highest BCUT2D eigenvalue weighted by molar-refractivity contribution is 7.13. The van der Waals surface area contributed by atoms with Crippen LogP contribution in [0.25, 0.3) is 0 Å². The van der Waals surface area contributed by atoms with E-state index >= 15 is 0 Å². The molecule has 5 nitrogen and oxygen atoms in total. The Morgan fingerprint density at radius 3 is 2.45 bits per heavy atom. The molecule has 0 saturated carbocycles. The standard InChI is InChI=1S/C16H28N4OS/c1-4-19-9-11-20(12-10-19)8-6-5-7-17-16(21)15-13(2)18-14(3)22-15/h4-12H2,1-3H3,(H,17,21). The largest absolute Gasteiger partial charge is 0.351 e. The van der Waals surface area contributed by atoms with Gasteiger partial charge in [0.1, 0.15) is 4.88 Å². The molecule has 124 valence electrons. The summed E-state index contributed by atoms with van der Waals surface area (Å²) >= 11 is 1.48. The first kappa shape index (κ1) is 17.4. The number of aryl methyl sites for hydroxylation is 2. The van der Waals surface area contributed by atoms with Crippen LogP contribution < -0.4 is 5.32 Å². The van der Waals surface area contributed by atoms with Crippen LogP contribution in [-0.2, 0) is 0 Å². The molecule has 0 aromatic carbocycles. The minimum atomic E-state index is 0.0275. The van der Waals surface area contributed by atoms with Gasteiger partial charge in [-0.1, -0.05) is 6.92 Å². The number of unbranched alkanes of at least 4 members (excludes halogenated alkanes) is 1. The summed E-state index contributed by atoms with van der Waals surface area (Å²) in [4.78, 5) is 22.1. The Labute approximate surface area is 137 Å². The minimum absolute atomic E-state index is 0.0275. The highest BCUT2D eigenvalue weighted by Crippen LogP contribution is 2.16. The molecule has 2 rings (SSSR count). The van der Waals surface area contributed by atoms with Crippen LogP contribution in [0, 0.1) is 13.8 Å². The van der Waals surface area contributed by atoms with Crippen LogP contribution in [0.15, 0.2) is 0 Å². The third kappa shape index (κ3) is 5.04. The average Bonchev–Trinajstić information content (AvgIpc) is 2.86. The van der Waals surface area contributed by atoms with Crippen molar-refractivity contribution < 1.29 is 4.79 Å². The number of rotatable bonds is 7. The maximum absolute atomic E-state index is 12.1. The van der Waals surface area contributed by atoms with Crippen LogP contribution in [0.2, 0.25) is 0 Å². The van der Waals surface area contributed by atoms with Gasteiger partial charge in [0.15, 0.2) is 0 Å². The fourth-order valence-electron chi connectivity index (χ4n) is 2.81. The van der Waals surface area contributed by atoms with Crippen molar-refractivity contribution >= 4 is 17.2 Å². The summed E-state index contributed by atoms with van der Waals surface area (Å²) in [5, 5.41) is 3.96. The van der Waals surface area contributed by atoms with Crippen LogP contribution in [0.5, 0.6) is 0 Å². The molecule has 1 fully saturated rings. The molecule has 1 amide bonds. The molecule has 1 aliphatic heterocycles. The number of aromatic nitrogens is 1. The maximum Gasteiger partial charge on any atom is 0.263 e. The zero-order valence-corrected chi connectivity index (χ0v) is 14.8. The summed E-state index contributed by atoms with van der Waals surface area (Å²) < 4.78 is 0. The summed E-state index contributed by atoms with van der Waals surface area (Å²) in [6.45, 7) is 13.9. The quantitative estimate of drug-likeness (QED) is 0.779. The third-order valence-corrected chi connectivity index (χ3v) is 5.28. The molecule has 1 aromatic heterocycles. The Morgan fingerprint density at radius 1 is 1.18 bits per heavy atom. The predicted octanol–water partition coefficient (Wildman–Crippen LogP) is 1.91.